The number of nitrogens with zero attached hydrogens (tertiary/aromatic N) is 2. The third-order valence-corrected chi connectivity index (χ3v) is 5.58. The summed E-state index contributed by atoms with van der Waals surface area (Å²) in [6.45, 7) is 3.26. The number of carbonyl (C=O) groups excluding carboxylic acids is 1. The fourth-order valence-corrected chi connectivity index (χ4v) is 3.73. The van der Waals surface area contributed by atoms with Gasteiger partial charge in [-0.3, -0.25) is 14.2 Å². The van der Waals surface area contributed by atoms with Gasteiger partial charge in [-0.15, -0.1) is 0 Å². The zero-order valence-electron chi connectivity index (χ0n) is 17.0. The number of rotatable bonds is 8. The van der Waals surface area contributed by atoms with Crippen molar-refractivity contribution in [3.05, 3.63) is 74.8 Å². The number of para-hydroxylation sites is 1. The smallest absolute Gasteiger partial charge is 0.262 e. The lowest BCUT2D eigenvalue weighted by Crippen LogP contribution is -2.26. The number of fused-ring (bicyclic) bond motifs is 1. The molecule has 3 aromatic rings. The van der Waals surface area contributed by atoms with Crippen molar-refractivity contribution >= 4 is 29.0 Å². The Balaban J connectivity index is 1.48. The monoisotopic (exact) mass is 409 g/mol. The van der Waals surface area contributed by atoms with E-state index < -0.39 is 0 Å². The second-order valence-electron chi connectivity index (χ2n) is 7.42. The number of amides is 1. The van der Waals surface area contributed by atoms with Crippen LogP contribution in [0.1, 0.15) is 36.8 Å². The quantitative estimate of drug-likeness (QED) is 0.437. The molecule has 0 atom stereocenters. The van der Waals surface area contributed by atoms with Crippen molar-refractivity contribution in [1.82, 2.24) is 14.5 Å². The molecule has 0 bridgehead atoms. The standard InChI is InChI=1S/C23H27N3O2S/c1-17-10-5-6-11-18(17)16-25(2)21(27)14-4-3-9-15-26-22(28)19-12-7-8-13-20(19)24-23(26)29/h5-8,10-13H,3-4,9,14-16H2,1-2H3,(H,24,29). The third-order valence-electron chi connectivity index (χ3n) is 5.26. The van der Waals surface area contributed by atoms with Gasteiger partial charge < -0.3 is 9.88 Å². The van der Waals surface area contributed by atoms with Gasteiger partial charge in [0.15, 0.2) is 4.77 Å². The van der Waals surface area contributed by atoms with E-state index in [-0.39, 0.29) is 11.5 Å². The molecule has 0 spiro atoms. The first-order valence-electron chi connectivity index (χ1n) is 9.97. The summed E-state index contributed by atoms with van der Waals surface area (Å²) in [7, 11) is 1.85. The zero-order valence-corrected chi connectivity index (χ0v) is 17.8. The molecular weight excluding hydrogens is 382 g/mol. The molecule has 0 aliphatic heterocycles. The molecule has 29 heavy (non-hydrogen) atoms. The number of unbranched alkanes of at least 4 members (excludes halogenated alkanes) is 2. The number of benzene rings is 2. The highest BCUT2D eigenvalue weighted by Crippen LogP contribution is 2.12. The van der Waals surface area contributed by atoms with Gasteiger partial charge >= 0.3 is 0 Å². The van der Waals surface area contributed by atoms with Crippen LogP contribution in [0.15, 0.2) is 53.3 Å². The van der Waals surface area contributed by atoms with E-state index in [1.165, 1.54) is 11.1 Å². The van der Waals surface area contributed by atoms with Crippen LogP contribution >= 0.6 is 12.2 Å². The molecule has 0 fully saturated rings. The van der Waals surface area contributed by atoms with Gasteiger partial charge in [-0.05, 0) is 55.2 Å². The number of aromatic amines is 1. The van der Waals surface area contributed by atoms with Crippen molar-refractivity contribution in [2.75, 3.05) is 7.05 Å². The third kappa shape index (κ3) is 5.21. The summed E-state index contributed by atoms with van der Waals surface area (Å²) in [6.07, 6.45) is 3.00. The molecule has 152 valence electrons. The molecular formula is C23H27N3O2S. The topological polar surface area (TPSA) is 58.1 Å². The number of aromatic nitrogens is 2. The lowest BCUT2D eigenvalue weighted by Gasteiger charge is -2.18. The van der Waals surface area contributed by atoms with Crippen LogP contribution < -0.4 is 5.56 Å². The normalized spacial score (nSPS) is 11.0. The van der Waals surface area contributed by atoms with Crippen molar-refractivity contribution in [2.45, 2.75) is 45.7 Å². The number of hydrogen-bond acceptors (Lipinski definition) is 3. The van der Waals surface area contributed by atoms with Crippen LogP contribution in [-0.4, -0.2) is 27.4 Å². The first-order valence-corrected chi connectivity index (χ1v) is 10.4. The Morgan fingerprint density at radius 3 is 2.59 bits per heavy atom. The Hall–Kier alpha value is -2.73. The van der Waals surface area contributed by atoms with E-state index in [0.29, 0.717) is 29.7 Å². The summed E-state index contributed by atoms with van der Waals surface area (Å²) >= 11 is 5.34. The molecule has 5 nitrogen and oxygen atoms in total. The minimum atomic E-state index is -0.0570. The average Bonchev–Trinajstić information content (AvgIpc) is 2.71. The number of hydrogen-bond donors (Lipinski definition) is 1. The fourth-order valence-electron chi connectivity index (χ4n) is 3.45. The number of aryl methyl sites for hydroxylation is 1. The zero-order chi connectivity index (χ0) is 20.8. The minimum absolute atomic E-state index is 0.0570. The van der Waals surface area contributed by atoms with E-state index in [0.717, 1.165) is 24.8 Å². The highest BCUT2D eigenvalue weighted by atomic mass is 32.1. The van der Waals surface area contributed by atoms with Crippen molar-refractivity contribution in [3.63, 3.8) is 0 Å². The molecule has 0 aliphatic rings. The Labute approximate surface area is 176 Å². The van der Waals surface area contributed by atoms with Gasteiger partial charge in [0.1, 0.15) is 0 Å². The molecule has 0 saturated heterocycles. The maximum absolute atomic E-state index is 12.6. The van der Waals surface area contributed by atoms with E-state index in [9.17, 15) is 9.59 Å². The van der Waals surface area contributed by atoms with Gasteiger partial charge in [-0.1, -0.05) is 42.8 Å². The molecule has 0 radical (unpaired) electrons. The van der Waals surface area contributed by atoms with Crippen LogP contribution in [0.2, 0.25) is 0 Å². The van der Waals surface area contributed by atoms with Crippen LogP contribution in [0, 0.1) is 11.7 Å². The molecule has 3 rings (SSSR count). The van der Waals surface area contributed by atoms with Crippen molar-refractivity contribution in [2.24, 2.45) is 0 Å². The molecule has 0 saturated carbocycles. The summed E-state index contributed by atoms with van der Waals surface area (Å²) in [5.41, 5.74) is 3.08. The summed E-state index contributed by atoms with van der Waals surface area (Å²) in [5, 5.41) is 0.647. The second kappa shape index (κ2) is 9.65. The Morgan fingerprint density at radius 1 is 1.07 bits per heavy atom. The van der Waals surface area contributed by atoms with Crippen molar-refractivity contribution < 1.29 is 4.79 Å². The maximum Gasteiger partial charge on any atom is 0.262 e. The Morgan fingerprint density at radius 2 is 1.79 bits per heavy atom. The van der Waals surface area contributed by atoms with Crippen LogP contribution in [0.4, 0.5) is 0 Å². The Bertz CT molecular complexity index is 1120. The number of nitrogens with one attached hydrogen (secondary N) is 1. The molecule has 0 aliphatic carbocycles. The molecule has 1 heterocycles. The van der Waals surface area contributed by atoms with E-state index >= 15 is 0 Å². The van der Waals surface area contributed by atoms with Crippen LogP contribution in [0.3, 0.4) is 0 Å². The summed E-state index contributed by atoms with van der Waals surface area (Å²) in [5.74, 6) is 0.147. The fraction of sp³-hybridized carbons (Fsp3) is 0.348. The second-order valence-corrected chi connectivity index (χ2v) is 7.81. The van der Waals surface area contributed by atoms with Gasteiger partial charge in [-0.2, -0.15) is 0 Å². The molecule has 0 unspecified atom stereocenters. The van der Waals surface area contributed by atoms with Gasteiger partial charge in [0.25, 0.3) is 5.56 Å². The number of carbonyl (C=O) groups is 1. The first-order chi connectivity index (χ1) is 14.0. The average molecular weight is 410 g/mol. The summed E-state index contributed by atoms with van der Waals surface area (Å²) < 4.78 is 2.06. The van der Waals surface area contributed by atoms with Crippen LogP contribution in [0.5, 0.6) is 0 Å². The molecule has 1 N–H and O–H groups in total. The lowest BCUT2D eigenvalue weighted by molar-refractivity contribution is -0.130. The van der Waals surface area contributed by atoms with Gasteiger partial charge in [0.2, 0.25) is 5.91 Å². The van der Waals surface area contributed by atoms with E-state index in [4.69, 9.17) is 12.2 Å². The van der Waals surface area contributed by atoms with Crippen molar-refractivity contribution in [1.29, 1.82) is 0 Å². The predicted octanol–water partition coefficient (Wildman–Crippen LogP) is 4.59. The van der Waals surface area contributed by atoms with Gasteiger partial charge in [0.05, 0.1) is 10.9 Å². The van der Waals surface area contributed by atoms with E-state index in [1.54, 1.807) is 9.47 Å². The molecule has 6 heteroatoms. The van der Waals surface area contributed by atoms with E-state index in [1.807, 2.05) is 43.4 Å². The SMILES string of the molecule is Cc1ccccc1CN(C)C(=O)CCCCCn1c(=S)[nH]c2ccccc2c1=O. The molecule has 1 aromatic heterocycles. The van der Waals surface area contributed by atoms with E-state index in [2.05, 4.69) is 24.0 Å². The van der Waals surface area contributed by atoms with Gasteiger partial charge in [0, 0.05) is 26.6 Å². The highest BCUT2D eigenvalue weighted by Gasteiger charge is 2.10. The summed E-state index contributed by atoms with van der Waals surface area (Å²) in [6, 6.07) is 15.5. The van der Waals surface area contributed by atoms with Crippen LogP contribution in [-0.2, 0) is 17.9 Å². The lowest BCUT2D eigenvalue weighted by atomic mass is 10.1. The number of H-pyrrole nitrogens is 1. The predicted molar refractivity (Wildman–Crippen MR) is 120 cm³/mol. The van der Waals surface area contributed by atoms with Gasteiger partial charge in [-0.25, -0.2) is 0 Å². The maximum atomic E-state index is 12.6. The summed E-state index contributed by atoms with van der Waals surface area (Å²) in [4.78, 5) is 29.9. The van der Waals surface area contributed by atoms with Crippen LogP contribution in [0.25, 0.3) is 10.9 Å². The first kappa shape index (κ1) is 21.0. The minimum Gasteiger partial charge on any atom is -0.341 e. The highest BCUT2D eigenvalue weighted by molar-refractivity contribution is 7.71. The Kier molecular flexibility index (Phi) is 6.99. The molecule has 2 aromatic carbocycles. The largest absolute Gasteiger partial charge is 0.341 e. The molecule has 1 amide bonds. The van der Waals surface area contributed by atoms with Crippen molar-refractivity contribution in [3.8, 4) is 0 Å².